The Hall–Kier alpha value is -3.10. The summed E-state index contributed by atoms with van der Waals surface area (Å²) < 4.78 is 11.4. The molecule has 1 aliphatic heterocycles. The highest BCUT2D eigenvalue weighted by atomic mass is 32.1. The van der Waals surface area contributed by atoms with E-state index in [1.807, 2.05) is 35.9 Å². The van der Waals surface area contributed by atoms with Crippen LogP contribution in [0.4, 0.5) is 5.13 Å². The highest BCUT2D eigenvalue weighted by Gasteiger charge is 2.16. The molecule has 0 aliphatic carbocycles. The molecule has 0 fully saturated rings. The standard InChI is InChI=1S/C22H23N5O2S/c1-14-11-17(29-21-24-7-4-8-25-21)12-15(2)19(14)18-13-30-22(26-18)27-20(28-3)16-5-9-23-10-6-16/h5-7,9-13,20H,4,8H2,1-3H3,(H,26,27). The van der Waals surface area contributed by atoms with Crippen LogP contribution in [0.1, 0.15) is 29.3 Å². The Kier molecular flexibility index (Phi) is 6.15. The van der Waals surface area contributed by atoms with Crippen LogP contribution in [0.5, 0.6) is 5.75 Å². The third-order valence-electron chi connectivity index (χ3n) is 4.68. The van der Waals surface area contributed by atoms with Crippen LogP contribution >= 0.6 is 11.3 Å². The van der Waals surface area contributed by atoms with Gasteiger partial charge in [0.05, 0.1) is 5.69 Å². The van der Waals surface area contributed by atoms with E-state index in [4.69, 9.17) is 14.5 Å². The van der Waals surface area contributed by atoms with Crippen LogP contribution in [0.2, 0.25) is 0 Å². The summed E-state index contributed by atoms with van der Waals surface area (Å²) in [6, 6.07) is 8.24. The lowest BCUT2D eigenvalue weighted by molar-refractivity contribution is 0.127. The molecule has 4 rings (SSSR count). The highest BCUT2D eigenvalue weighted by Crippen LogP contribution is 2.34. The fourth-order valence-corrected chi connectivity index (χ4v) is 4.06. The molecule has 8 heteroatoms. The lowest BCUT2D eigenvalue weighted by Gasteiger charge is -2.16. The number of aromatic nitrogens is 2. The molecule has 0 saturated heterocycles. The van der Waals surface area contributed by atoms with E-state index in [1.165, 1.54) is 0 Å². The fourth-order valence-electron chi connectivity index (χ4n) is 3.34. The molecule has 0 amide bonds. The van der Waals surface area contributed by atoms with Gasteiger partial charge < -0.3 is 14.8 Å². The van der Waals surface area contributed by atoms with Gasteiger partial charge in [-0.15, -0.1) is 11.3 Å². The summed E-state index contributed by atoms with van der Waals surface area (Å²) in [4.78, 5) is 17.3. The van der Waals surface area contributed by atoms with E-state index in [0.717, 1.165) is 45.2 Å². The van der Waals surface area contributed by atoms with Gasteiger partial charge in [-0.1, -0.05) is 0 Å². The third-order valence-corrected chi connectivity index (χ3v) is 5.46. The van der Waals surface area contributed by atoms with Gasteiger partial charge in [0.15, 0.2) is 11.4 Å². The number of anilines is 1. The van der Waals surface area contributed by atoms with Crippen LogP contribution < -0.4 is 10.1 Å². The largest absolute Gasteiger partial charge is 0.425 e. The summed E-state index contributed by atoms with van der Waals surface area (Å²) in [7, 11) is 1.67. The van der Waals surface area contributed by atoms with Gasteiger partial charge >= 0.3 is 6.02 Å². The van der Waals surface area contributed by atoms with Crippen molar-refractivity contribution in [1.82, 2.24) is 9.97 Å². The maximum absolute atomic E-state index is 5.83. The first kappa shape index (κ1) is 20.2. The van der Waals surface area contributed by atoms with E-state index in [2.05, 4.69) is 34.1 Å². The van der Waals surface area contributed by atoms with Crippen molar-refractivity contribution < 1.29 is 9.47 Å². The zero-order valence-corrected chi connectivity index (χ0v) is 17.9. The minimum atomic E-state index is -0.290. The Balaban J connectivity index is 1.54. The van der Waals surface area contributed by atoms with Gasteiger partial charge in [0.2, 0.25) is 0 Å². The molecule has 1 aromatic carbocycles. The van der Waals surface area contributed by atoms with Crippen LogP contribution in [0.3, 0.4) is 0 Å². The van der Waals surface area contributed by atoms with Crippen molar-refractivity contribution in [3.63, 3.8) is 0 Å². The SMILES string of the molecule is COC(Nc1nc(-c2c(C)cc(OC3=NCCC=N3)cc2C)cs1)c1ccncc1. The molecule has 1 N–H and O–H groups in total. The predicted octanol–water partition coefficient (Wildman–Crippen LogP) is 4.79. The summed E-state index contributed by atoms with van der Waals surface area (Å²) in [5.41, 5.74) is 5.17. The molecular weight excluding hydrogens is 398 g/mol. The Bertz CT molecular complexity index is 1060. The van der Waals surface area contributed by atoms with Crippen LogP contribution in [0.25, 0.3) is 11.3 Å². The van der Waals surface area contributed by atoms with E-state index in [-0.39, 0.29) is 6.23 Å². The van der Waals surface area contributed by atoms with Gasteiger partial charge in [-0.25, -0.2) is 15.0 Å². The molecule has 0 radical (unpaired) electrons. The smallest absolute Gasteiger partial charge is 0.316 e. The Morgan fingerprint density at radius 1 is 1.13 bits per heavy atom. The quantitative estimate of drug-likeness (QED) is 0.579. The minimum Gasteiger partial charge on any atom is -0.425 e. The molecule has 1 unspecified atom stereocenters. The molecule has 0 saturated carbocycles. The number of aliphatic imine (C=N–C) groups is 2. The van der Waals surface area contributed by atoms with Crippen LogP contribution in [-0.2, 0) is 4.74 Å². The van der Waals surface area contributed by atoms with E-state index >= 15 is 0 Å². The number of nitrogens with zero attached hydrogens (tertiary/aromatic N) is 4. The van der Waals surface area contributed by atoms with Crippen molar-refractivity contribution in [2.45, 2.75) is 26.5 Å². The zero-order valence-electron chi connectivity index (χ0n) is 17.1. The van der Waals surface area contributed by atoms with Gasteiger partial charge in [0.1, 0.15) is 5.75 Å². The second-order valence-corrected chi connectivity index (χ2v) is 7.74. The molecule has 1 aliphatic rings. The van der Waals surface area contributed by atoms with Crippen LogP contribution in [0, 0.1) is 13.8 Å². The number of hydrogen-bond donors (Lipinski definition) is 1. The predicted molar refractivity (Wildman–Crippen MR) is 121 cm³/mol. The van der Waals surface area contributed by atoms with Crippen molar-refractivity contribution in [3.05, 3.63) is 58.7 Å². The lowest BCUT2D eigenvalue weighted by atomic mass is 10.0. The molecule has 3 heterocycles. The van der Waals surface area contributed by atoms with E-state index in [9.17, 15) is 0 Å². The first-order valence-corrected chi connectivity index (χ1v) is 10.5. The highest BCUT2D eigenvalue weighted by molar-refractivity contribution is 7.14. The summed E-state index contributed by atoms with van der Waals surface area (Å²) in [6.07, 6.45) is 5.89. The molecule has 0 spiro atoms. The Labute approximate surface area is 179 Å². The number of rotatable bonds is 6. The van der Waals surface area contributed by atoms with Crippen molar-refractivity contribution in [3.8, 4) is 17.0 Å². The molecule has 3 aromatic rings. The minimum absolute atomic E-state index is 0.290. The van der Waals surface area contributed by atoms with Crippen molar-refractivity contribution in [2.24, 2.45) is 9.98 Å². The molecule has 30 heavy (non-hydrogen) atoms. The number of ether oxygens (including phenoxy) is 2. The number of amidine groups is 1. The maximum atomic E-state index is 5.83. The molecule has 0 bridgehead atoms. The summed E-state index contributed by atoms with van der Waals surface area (Å²) in [5, 5.41) is 6.18. The lowest BCUT2D eigenvalue weighted by Crippen LogP contribution is -2.12. The van der Waals surface area contributed by atoms with Gasteiger partial charge in [0, 0.05) is 55.2 Å². The van der Waals surface area contributed by atoms with Crippen molar-refractivity contribution in [2.75, 3.05) is 19.0 Å². The van der Waals surface area contributed by atoms with Crippen LogP contribution in [-0.4, -0.2) is 35.9 Å². The van der Waals surface area contributed by atoms with Gasteiger partial charge in [-0.3, -0.25) is 4.98 Å². The molecule has 7 nitrogen and oxygen atoms in total. The van der Waals surface area contributed by atoms with E-state index in [0.29, 0.717) is 12.6 Å². The molecule has 1 atom stereocenters. The number of benzene rings is 1. The molecular formula is C22H23N5O2S. The number of pyridine rings is 1. The Morgan fingerprint density at radius 2 is 1.90 bits per heavy atom. The number of methoxy groups -OCH3 is 1. The van der Waals surface area contributed by atoms with Crippen molar-refractivity contribution >= 4 is 28.7 Å². The number of thiazole rings is 1. The topological polar surface area (TPSA) is 81.0 Å². The number of aryl methyl sites for hydroxylation is 2. The van der Waals surface area contributed by atoms with Crippen molar-refractivity contribution in [1.29, 1.82) is 0 Å². The summed E-state index contributed by atoms with van der Waals surface area (Å²) in [6.45, 7) is 4.83. The molecule has 2 aromatic heterocycles. The third kappa shape index (κ3) is 4.55. The fraction of sp³-hybridized carbons (Fsp3) is 0.273. The first-order chi connectivity index (χ1) is 14.6. The summed E-state index contributed by atoms with van der Waals surface area (Å²) >= 11 is 1.55. The average Bonchev–Trinajstić information content (AvgIpc) is 3.21. The molecule has 154 valence electrons. The second-order valence-electron chi connectivity index (χ2n) is 6.88. The maximum Gasteiger partial charge on any atom is 0.316 e. The monoisotopic (exact) mass is 421 g/mol. The Morgan fingerprint density at radius 3 is 2.57 bits per heavy atom. The second kappa shape index (κ2) is 9.15. The number of nitrogens with one attached hydrogen (secondary N) is 1. The van der Waals surface area contributed by atoms with E-state index < -0.39 is 0 Å². The normalized spacial score (nSPS) is 14.3. The van der Waals surface area contributed by atoms with Gasteiger partial charge in [0.25, 0.3) is 0 Å². The van der Waals surface area contributed by atoms with Gasteiger partial charge in [-0.2, -0.15) is 0 Å². The number of hydrogen-bond acceptors (Lipinski definition) is 8. The average molecular weight is 422 g/mol. The van der Waals surface area contributed by atoms with E-state index in [1.54, 1.807) is 30.8 Å². The summed E-state index contributed by atoms with van der Waals surface area (Å²) in [5.74, 6) is 0.734. The first-order valence-electron chi connectivity index (χ1n) is 9.65. The zero-order chi connectivity index (χ0) is 20.9. The van der Waals surface area contributed by atoms with Gasteiger partial charge in [-0.05, 0) is 49.2 Å². The van der Waals surface area contributed by atoms with Crippen LogP contribution in [0.15, 0.2) is 52.0 Å².